The van der Waals surface area contributed by atoms with Gasteiger partial charge in [-0.3, -0.25) is 0 Å². The second-order valence-electron chi connectivity index (χ2n) is 2.90. The second kappa shape index (κ2) is 2.93. The van der Waals surface area contributed by atoms with E-state index in [9.17, 15) is 18.0 Å². The van der Waals surface area contributed by atoms with Crippen molar-refractivity contribution in [3.8, 4) is 0 Å². The summed E-state index contributed by atoms with van der Waals surface area (Å²) in [5.74, 6) is -1.27. The minimum atomic E-state index is -4.31. The molecule has 74 valence electrons. The summed E-state index contributed by atoms with van der Waals surface area (Å²) in [6, 6.07) is 0. The molecule has 0 aromatic heterocycles. The van der Waals surface area contributed by atoms with Gasteiger partial charge in [-0.25, -0.2) is 4.79 Å². The number of hydrogen-bond acceptors (Lipinski definition) is 2. The zero-order valence-electron chi connectivity index (χ0n) is 6.56. The first-order valence-corrected chi connectivity index (χ1v) is 3.61. The van der Waals surface area contributed by atoms with Crippen molar-refractivity contribution in [1.29, 1.82) is 0 Å². The summed E-state index contributed by atoms with van der Waals surface area (Å²) < 4.78 is 36.5. The van der Waals surface area contributed by atoms with E-state index in [1.165, 1.54) is 0 Å². The highest BCUT2D eigenvalue weighted by Crippen LogP contribution is 2.48. The van der Waals surface area contributed by atoms with Gasteiger partial charge in [-0.15, -0.1) is 0 Å². The molecule has 0 amide bonds. The van der Waals surface area contributed by atoms with Crippen LogP contribution in [0.25, 0.3) is 0 Å². The minimum Gasteiger partial charge on any atom is -0.478 e. The Morgan fingerprint density at radius 3 is 2.31 bits per heavy atom. The first-order valence-electron chi connectivity index (χ1n) is 3.61. The van der Waals surface area contributed by atoms with Crippen molar-refractivity contribution in [2.24, 2.45) is 0 Å². The van der Waals surface area contributed by atoms with Gasteiger partial charge in [-0.1, -0.05) is 0 Å². The fraction of sp³-hybridized carbons (Fsp3) is 0.571. The van der Waals surface area contributed by atoms with Gasteiger partial charge in [0.2, 0.25) is 0 Å². The molecule has 0 saturated heterocycles. The SMILES string of the molecule is O=C(O)/C=C/NC1(C(F)(F)F)CC1. The number of halogens is 3. The van der Waals surface area contributed by atoms with Crippen molar-refractivity contribution >= 4 is 5.97 Å². The number of nitrogens with one attached hydrogen (secondary N) is 1. The van der Waals surface area contributed by atoms with Crippen LogP contribution in [0.3, 0.4) is 0 Å². The lowest BCUT2D eigenvalue weighted by Gasteiger charge is -2.18. The normalized spacial score (nSPS) is 20.2. The van der Waals surface area contributed by atoms with Gasteiger partial charge in [0, 0.05) is 12.3 Å². The Labute approximate surface area is 72.2 Å². The number of alkyl halides is 3. The molecule has 0 aromatic carbocycles. The quantitative estimate of drug-likeness (QED) is 0.666. The van der Waals surface area contributed by atoms with Crippen LogP contribution >= 0.6 is 0 Å². The molecule has 1 aliphatic carbocycles. The van der Waals surface area contributed by atoms with E-state index >= 15 is 0 Å². The molecule has 1 fully saturated rings. The maximum atomic E-state index is 12.2. The average Bonchev–Trinajstić information content (AvgIpc) is 2.65. The first-order chi connectivity index (χ1) is 5.87. The van der Waals surface area contributed by atoms with Crippen LogP contribution in [-0.4, -0.2) is 22.8 Å². The Balaban J connectivity index is 2.50. The summed E-state index contributed by atoms with van der Waals surface area (Å²) in [7, 11) is 0. The molecule has 0 aliphatic heterocycles. The molecule has 1 rings (SSSR count). The van der Waals surface area contributed by atoms with Gasteiger partial charge in [0.25, 0.3) is 0 Å². The largest absolute Gasteiger partial charge is 0.478 e. The number of hydrogen-bond donors (Lipinski definition) is 2. The van der Waals surface area contributed by atoms with Crippen LogP contribution in [-0.2, 0) is 4.79 Å². The summed E-state index contributed by atoms with van der Waals surface area (Å²) in [5.41, 5.74) is -1.88. The van der Waals surface area contributed by atoms with Crippen LogP contribution in [0.1, 0.15) is 12.8 Å². The molecule has 0 heterocycles. The van der Waals surface area contributed by atoms with Gasteiger partial charge >= 0.3 is 12.1 Å². The van der Waals surface area contributed by atoms with E-state index < -0.39 is 17.7 Å². The molecule has 3 nitrogen and oxygen atoms in total. The third kappa shape index (κ3) is 2.13. The molecule has 0 bridgehead atoms. The maximum Gasteiger partial charge on any atom is 0.411 e. The lowest BCUT2D eigenvalue weighted by molar-refractivity contribution is -0.163. The molecule has 1 aliphatic rings. The van der Waals surface area contributed by atoms with Crippen LogP contribution in [0.15, 0.2) is 12.3 Å². The molecule has 0 atom stereocenters. The van der Waals surface area contributed by atoms with E-state index in [-0.39, 0.29) is 12.8 Å². The molecular formula is C7H8F3NO2. The fourth-order valence-corrected chi connectivity index (χ4v) is 0.907. The maximum absolute atomic E-state index is 12.2. The number of aliphatic carboxylic acids is 1. The van der Waals surface area contributed by atoms with E-state index in [4.69, 9.17) is 5.11 Å². The van der Waals surface area contributed by atoms with Gasteiger partial charge in [0.15, 0.2) is 0 Å². The lowest BCUT2D eigenvalue weighted by Crippen LogP contribution is -2.42. The standard InChI is InChI=1S/C7H8F3NO2/c8-7(9,10)6(2-3-6)11-4-1-5(12)13/h1,4,11H,2-3H2,(H,12,13)/b4-1+. The Hall–Kier alpha value is -1.20. The highest BCUT2D eigenvalue weighted by Gasteiger charge is 2.63. The molecule has 6 heteroatoms. The van der Waals surface area contributed by atoms with Crippen molar-refractivity contribution < 1.29 is 23.1 Å². The molecule has 0 aromatic rings. The van der Waals surface area contributed by atoms with E-state index in [2.05, 4.69) is 5.32 Å². The molecule has 2 N–H and O–H groups in total. The van der Waals surface area contributed by atoms with Crippen molar-refractivity contribution in [3.05, 3.63) is 12.3 Å². The van der Waals surface area contributed by atoms with Crippen LogP contribution in [0, 0.1) is 0 Å². The summed E-state index contributed by atoms with van der Waals surface area (Å²) in [6.07, 6.45) is -2.84. The van der Waals surface area contributed by atoms with Crippen molar-refractivity contribution in [1.82, 2.24) is 5.32 Å². The molecule has 0 radical (unpaired) electrons. The second-order valence-corrected chi connectivity index (χ2v) is 2.90. The topological polar surface area (TPSA) is 49.3 Å². The molecule has 13 heavy (non-hydrogen) atoms. The predicted molar refractivity (Wildman–Crippen MR) is 37.9 cm³/mol. The van der Waals surface area contributed by atoms with Gasteiger partial charge < -0.3 is 10.4 Å². The lowest BCUT2D eigenvalue weighted by atomic mass is 10.2. The van der Waals surface area contributed by atoms with Crippen LogP contribution in [0.4, 0.5) is 13.2 Å². The zero-order chi connectivity index (χ0) is 10.1. The summed E-state index contributed by atoms with van der Waals surface area (Å²) in [4.78, 5) is 9.95. The Kier molecular flexibility index (Phi) is 2.23. The molecular weight excluding hydrogens is 187 g/mol. The number of carboxylic acid groups (broad SMARTS) is 1. The first kappa shape index (κ1) is 9.88. The van der Waals surface area contributed by atoms with Gasteiger partial charge in [-0.05, 0) is 12.8 Å². The van der Waals surface area contributed by atoms with E-state index in [1.807, 2.05) is 0 Å². The van der Waals surface area contributed by atoms with Crippen LogP contribution in [0.2, 0.25) is 0 Å². The highest BCUT2D eigenvalue weighted by molar-refractivity contribution is 5.79. The summed E-state index contributed by atoms with van der Waals surface area (Å²) in [6.45, 7) is 0. The molecule has 0 unspecified atom stereocenters. The van der Waals surface area contributed by atoms with Crippen LogP contribution in [0.5, 0.6) is 0 Å². The third-order valence-electron chi connectivity index (χ3n) is 1.88. The van der Waals surface area contributed by atoms with Gasteiger partial charge in [0.1, 0.15) is 5.54 Å². The van der Waals surface area contributed by atoms with Crippen molar-refractivity contribution in [2.75, 3.05) is 0 Å². The van der Waals surface area contributed by atoms with Crippen LogP contribution < -0.4 is 5.32 Å². The molecule has 1 saturated carbocycles. The fourth-order valence-electron chi connectivity index (χ4n) is 0.907. The monoisotopic (exact) mass is 195 g/mol. The van der Waals surface area contributed by atoms with Gasteiger partial charge in [0.05, 0.1) is 0 Å². The zero-order valence-corrected chi connectivity index (χ0v) is 6.56. The number of carboxylic acids is 1. The average molecular weight is 195 g/mol. The van der Waals surface area contributed by atoms with E-state index in [0.29, 0.717) is 6.08 Å². The molecule has 0 spiro atoms. The van der Waals surface area contributed by atoms with Crippen molar-refractivity contribution in [3.63, 3.8) is 0 Å². The summed E-state index contributed by atoms with van der Waals surface area (Å²) in [5, 5.41) is 10.2. The number of rotatable bonds is 3. The van der Waals surface area contributed by atoms with Crippen molar-refractivity contribution in [2.45, 2.75) is 24.6 Å². The van der Waals surface area contributed by atoms with E-state index in [0.717, 1.165) is 6.20 Å². The minimum absolute atomic E-state index is 0.000455. The highest BCUT2D eigenvalue weighted by atomic mass is 19.4. The number of carbonyl (C=O) groups is 1. The predicted octanol–water partition coefficient (Wildman–Crippen LogP) is 1.27. The smallest absolute Gasteiger partial charge is 0.411 e. The third-order valence-corrected chi connectivity index (χ3v) is 1.88. The Bertz CT molecular complexity index is 243. The van der Waals surface area contributed by atoms with E-state index in [1.54, 1.807) is 0 Å². The Morgan fingerprint density at radius 1 is 1.46 bits per heavy atom. The summed E-state index contributed by atoms with van der Waals surface area (Å²) >= 11 is 0. The Morgan fingerprint density at radius 2 is 2.00 bits per heavy atom. The van der Waals surface area contributed by atoms with Gasteiger partial charge in [-0.2, -0.15) is 13.2 Å².